The second-order valence-corrected chi connectivity index (χ2v) is 6.75. The summed E-state index contributed by atoms with van der Waals surface area (Å²) < 4.78 is 6.20. The third kappa shape index (κ3) is 3.13. The monoisotopic (exact) mass is 365 g/mol. The lowest BCUT2D eigenvalue weighted by Crippen LogP contribution is -2.60. The van der Waals surface area contributed by atoms with E-state index in [1.807, 2.05) is 72.8 Å². The Morgan fingerprint density at radius 2 is 1.40 bits per heavy atom. The quantitative estimate of drug-likeness (QED) is 0.552. The minimum Gasteiger partial charge on any atom is -0.481 e. The Labute approximate surface area is 157 Å². The Morgan fingerprint density at radius 3 is 2.04 bits per heavy atom. The number of benzene rings is 3. The van der Waals surface area contributed by atoms with Crippen molar-refractivity contribution in [3.63, 3.8) is 0 Å². The Balaban J connectivity index is 1.68. The lowest BCUT2D eigenvalue weighted by Gasteiger charge is -2.49. The van der Waals surface area contributed by atoms with Crippen LogP contribution in [0.15, 0.2) is 84.9 Å². The van der Waals surface area contributed by atoms with Gasteiger partial charge in [0, 0.05) is 10.7 Å². The molecule has 0 aromatic heterocycles. The molecule has 2 atom stereocenters. The molecular weight excluding hydrogens is 350 g/mol. The van der Waals surface area contributed by atoms with Gasteiger partial charge in [0.25, 0.3) is 0 Å². The fourth-order valence-electron chi connectivity index (χ4n) is 3.08. The van der Waals surface area contributed by atoms with E-state index in [1.165, 1.54) is 0 Å². The van der Waals surface area contributed by atoms with Crippen LogP contribution in [0.2, 0.25) is 5.02 Å². The van der Waals surface area contributed by atoms with Crippen LogP contribution in [0.4, 0.5) is 5.69 Å². The molecule has 0 spiro atoms. The van der Waals surface area contributed by atoms with Gasteiger partial charge in [-0.25, -0.2) is 0 Å². The summed E-state index contributed by atoms with van der Waals surface area (Å²) in [5, 5.41) is 0.720. The van der Waals surface area contributed by atoms with Gasteiger partial charge in [0.05, 0.1) is 0 Å². The average Bonchev–Trinajstić information content (AvgIpc) is 2.66. The van der Waals surface area contributed by atoms with Gasteiger partial charge in [-0.3, -0.25) is 0 Å². The SMILES string of the molecule is S=C1[C@H](Oc2ccccc2)[C@H](c2ccc(Cl)cc2)N1c1ccccc1. The van der Waals surface area contributed by atoms with Crippen molar-refractivity contribution < 1.29 is 4.74 Å². The molecule has 0 bridgehead atoms. The van der Waals surface area contributed by atoms with E-state index < -0.39 is 0 Å². The van der Waals surface area contributed by atoms with Crippen LogP contribution < -0.4 is 9.64 Å². The van der Waals surface area contributed by atoms with E-state index in [2.05, 4.69) is 17.0 Å². The second kappa shape index (κ2) is 6.87. The van der Waals surface area contributed by atoms with Crippen molar-refractivity contribution >= 4 is 34.5 Å². The molecule has 2 nitrogen and oxygen atoms in total. The minimum atomic E-state index is -0.182. The zero-order valence-electron chi connectivity index (χ0n) is 13.4. The van der Waals surface area contributed by atoms with Crippen LogP contribution in [-0.2, 0) is 0 Å². The number of para-hydroxylation sites is 2. The van der Waals surface area contributed by atoms with Crippen LogP contribution in [0.25, 0.3) is 0 Å². The number of halogens is 1. The number of thiocarbonyl (C=S) groups is 1. The molecule has 0 unspecified atom stereocenters. The molecule has 0 N–H and O–H groups in total. The summed E-state index contributed by atoms with van der Waals surface area (Å²) in [7, 11) is 0. The molecule has 1 saturated heterocycles. The number of rotatable bonds is 4. The smallest absolute Gasteiger partial charge is 0.174 e. The predicted molar refractivity (Wildman–Crippen MR) is 107 cm³/mol. The van der Waals surface area contributed by atoms with E-state index in [0.29, 0.717) is 0 Å². The summed E-state index contributed by atoms with van der Waals surface area (Å²) in [6.07, 6.45) is -0.182. The van der Waals surface area contributed by atoms with Gasteiger partial charge in [0.15, 0.2) is 6.10 Å². The van der Waals surface area contributed by atoms with Crippen LogP contribution in [-0.4, -0.2) is 11.1 Å². The summed E-state index contributed by atoms with van der Waals surface area (Å²) in [5.74, 6) is 0.821. The first-order valence-electron chi connectivity index (χ1n) is 8.09. The predicted octanol–water partition coefficient (Wildman–Crippen LogP) is 5.68. The van der Waals surface area contributed by atoms with Crippen LogP contribution in [0.1, 0.15) is 11.6 Å². The lowest BCUT2D eigenvalue weighted by molar-refractivity contribution is 0.207. The molecule has 4 heteroatoms. The molecule has 1 heterocycles. The zero-order valence-corrected chi connectivity index (χ0v) is 15.0. The highest BCUT2D eigenvalue weighted by Crippen LogP contribution is 2.42. The van der Waals surface area contributed by atoms with Crippen LogP contribution >= 0.6 is 23.8 Å². The first kappa shape index (κ1) is 16.1. The Hall–Kier alpha value is -2.36. The topological polar surface area (TPSA) is 12.5 Å². The van der Waals surface area contributed by atoms with Crippen molar-refractivity contribution in [1.29, 1.82) is 0 Å². The lowest BCUT2D eigenvalue weighted by atomic mass is 9.90. The van der Waals surface area contributed by atoms with Crippen molar-refractivity contribution in [3.8, 4) is 5.75 Å². The van der Waals surface area contributed by atoms with Crippen molar-refractivity contribution in [2.24, 2.45) is 0 Å². The summed E-state index contributed by atoms with van der Waals surface area (Å²) in [6, 6.07) is 27.9. The molecule has 124 valence electrons. The van der Waals surface area contributed by atoms with Gasteiger partial charge in [0.1, 0.15) is 16.8 Å². The highest BCUT2D eigenvalue weighted by atomic mass is 35.5. The van der Waals surface area contributed by atoms with Gasteiger partial charge >= 0.3 is 0 Å². The number of ether oxygens (including phenoxy) is 1. The average molecular weight is 366 g/mol. The van der Waals surface area contributed by atoms with E-state index >= 15 is 0 Å². The molecule has 1 aliphatic heterocycles. The second-order valence-electron chi connectivity index (χ2n) is 5.89. The number of anilines is 1. The molecule has 0 saturated carbocycles. The van der Waals surface area contributed by atoms with E-state index in [9.17, 15) is 0 Å². The van der Waals surface area contributed by atoms with Gasteiger partial charge in [0.2, 0.25) is 0 Å². The number of hydrogen-bond donors (Lipinski definition) is 0. The summed E-state index contributed by atoms with van der Waals surface area (Å²) in [6.45, 7) is 0. The summed E-state index contributed by atoms with van der Waals surface area (Å²) >= 11 is 11.7. The molecule has 4 rings (SSSR count). The van der Waals surface area contributed by atoms with Crippen molar-refractivity contribution in [2.45, 2.75) is 12.1 Å². The molecule has 3 aromatic rings. The Morgan fingerprint density at radius 1 is 0.800 bits per heavy atom. The first-order valence-corrected chi connectivity index (χ1v) is 8.88. The fraction of sp³-hybridized carbons (Fsp3) is 0.0952. The first-order chi connectivity index (χ1) is 12.2. The summed E-state index contributed by atoms with van der Waals surface area (Å²) in [5.41, 5.74) is 2.20. The van der Waals surface area contributed by atoms with E-state index in [4.69, 9.17) is 28.6 Å². The van der Waals surface area contributed by atoms with E-state index in [0.717, 1.165) is 27.0 Å². The normalized spacial score (nSPS) is 19.4. The maximum absolute atomic E-state index is 6.20. The zero-order chi connectivity index (χ0) is 17.2. The van der Waals surface area contributed by atoms with Gasteiger partial charge < -0.3 is 9.64 Å². The molecule has 25 heavy (non-hydrogen) atoms. The van der Waals surface area contributed by atoms with E-state index in [-0.39, 0.29) is 12.1 Å². The maximum atomic E-state index is 6.20. The molecule has 1 aliphatic rings. The molecule has 3 aromatic carbocycles. The molecule has 1 fully saturated rings. The molecule has 0 radical (unpaired) electrons. The summed E-state index contributed by atoms with van der Waals surface area (Å²) in [4.78, 5) is 2.93. The van der Waals surface area contributed by atoms with Crippen molar-refractivity contribution in [3.05, 3.63) is 95.5 Å². The third-order valence-electron chi connectivity index (χ3n) is 4.30. The third-order valence-corrected chi connectivity index (χ3v) is 4.98. The van der Waals surface area contributed by atoms with Crippen molar-refractivity contribution in [1.82, 2.24) is 0 Å². The van der Waals surface area contributed by atoms with Crippen LogP contribution in [0.3, 0.4) is 0 Å². The van der Waals surface area contributed by atoms with Crippen molar-refractivity contribution in [2.75, 3.05) is 4.90 Å². The molecular formula is C21H16ClNOS. The highest BCUT2D eigenvalue weighted by Gasteiger charge is 2.47. The Kier molecular flexibility index (Phi) is 4.43. The van der Waals surface area contributed by atoms with E-state index in [1.54, 1.807) is 0 Å². The van der Waals surface area contributed by atoms with Gasteiger partial charge in [-0.05, 0) is 42.0 Å². The van der Waals surface area contributed by atoms with Crippen LogP contribution in [0, 0.1) is 0 Å². The van der Waals surface area contributed by atoms with Gasteiger partial charge in [-0.1, -0.05) is 72.3 Å². The minimum absolute atomic E-state index is 0.0207. The fourth-order valence-corrected chi connectivity index (χ4v) is 3.61. The molecule has 0 aliphatic carbocycles. The standard InChI is InChI=1S/C21H16ClNOS/c22-16-13-11-15(12-14-16)19-20(24-18-9-5-2-6-10-18)21(25)23(19)17-7-3-1-4-8-17/h1-14,19-20H/t19-,20+/m0/s1. The Bertz CT molecular complexity index is 867. The van der Waals surface area contributed by atoms with Gasteiger partial charge in [-0.2, -0.15) is 0 Å². The van der Waals surface area contributed by atoms with Crippen LogP contribution in [0.5, 0.6) is 5.75 Å². The number of nitrogens with zero attached hydrogens (tertiary/aromatic N) is 1. The highest BCUT2D eigenvalue weighted by molar-refractivity contribution is 7.80. The van der Waals surface area contributed by atoms with Gasteiger partial charge in [-0.15, -0.1) is 0 Å². The number of hydrogen-bond acceptors (Lipinski definition) is 2. The molecule has 0 amide bonds. The maximum Gasteiger partial charge on any atom is 0.174 e. The largest absolute Gasteiger partial charge is 0.481 e.